The van der Waals surface area contributed by atoms with Gasteiger partial charge in [0.2, 0.25) is 0 Å². The molecule has 0 atom stereocenters. The zero-order valence-electron chi connectivity index (χ0n) is 14.8. The number of allylic oxidation sites excluding steroid dienone is 1. The molecule has 5 rings (SSSR count). The van der Waals surface area contributed by atoms with Gasteiger partial charge in [-0.2, -0.15) is 0 Å². The van der Waals surface area contributed by atoms with Crippen LogP contribution in [0.3, 0.4) is 0 Å². The van der Waals surface area contributed by atoms with E-state index in [0.717, 1.165) is 0 Å². The van der Waals surface area contributed by atoms with Gasteiger partial charge in [-0.15, -0.1) is 11.3 Å². The van der Waals surface area contributed by atoms with E-state index < -0.39 is 0 Å². The minimum Gasteiger partial charge on any atom is -0.140 e. The molecule has 0 N–H and O–H groups in total. The topological polar surface area (TPSA) is 0 Å². The van der Waals surface area contributed by atoms with Crippen molar-refractivity contribution >= 4 is 27.5 Å². The smallest absolute Gasteiger partial charge is 0.0354 e. The van der Waals surface area contributed by atoms with Crippen molar-refractivity contribution in [3.63, 3.8) is 0 Å². The van der Waals surface area contributed by atoms with Gasteiger partial charge in [0, 0.05) is 15.0 Å². The van der Waals surface area contributed by atoms with Gasteiger partial charge in [-0.05, 0) is 65.3 Å². The summed E-state index contributed by atoms with van der Waals surface area (Å²) in [7, 11) is 0. The number of fused-ring (bicyclic) bond motifs is 3. The third kappa shape index (κ3) is 2.60. The zero-order valence-corrected chi connectivity index (χ0v) is 15.6. The van der Waals surface area contributed by atoms with E-state index in [-0.39, 0.29) is 0 Å². The maximum Gasteiger partial charge on any atom is 0.0354 e. The van der Waals surface area contributed by atoms with Gasteiger partial charge in [0.15, 0.2) is 0 Å². The first-order chi connectivity index (χ1) is 12.8. The molecule has 126 valence electrons. The van der Waals surface area contributed by atoms with Crippen LogP contribution in [0.15, 0.2) is 72.8 Å². The molecular formula is C25H20S. The van der Waals surface area contributed by atoms with Crippen molar-refractivity contribution in [1.82, 2.24) is 0 Å². The van der Waals surface area contributed by atoms with Gasteiger partial charge >= 0.3 is 0 Å². The molecule has 1 aromatic heterocycles. The molecular weight excluding hydrogens is 332 g/mol. The first-order valence-electron chi connectivity index (χ1n) is 9.18. The van der Waals surface area contributed by atoms with E-state index in [9.17, 15) is 0 Å². The summed E-state index contributed by atoms with van der Waals surface area (Å²) in [6, 6.07) is 24.3. The Morgan fingerprint density at radius 3 is 2.35 bits per heavy atom. The van der Waals surface area contributed by atoms with E-state index in [1.54, 1.807) is 4.88 Å². The average molecular weight is 353 g/mol. The van der Waals surface area contributed by atoms with Crippen LogP contribution in [0.25, 0.3) is 38.4 Å². The molecule has 4 aromatic rings. The molecule has 1 heteroatoms. The summed E-state index contributed by atoms with van der Waals surface area (Å²) in [6.07, 6.45) is 6.98. The van der Waals surface area contributed by atoms with Gasteiger partial charge in [0.25, 0.3) is 0 Å². The highest BCUT2D eigenvalue weighted by Gasteiger charge is 2.14. The van der Waals surface area contributed by atoms with E-state index >= 15 is 0 Å². The van der Waals surface area contributed by atoms with Gasteiger partial charge in [-0.3, -0.25) is 0 Å². The highest BCUT2D eigenvalue weighted by atomic mass is 32.1. The molecule has 1 aliphatic carbocycles. The fourth-order valence-corrected chi connectivity index (χ4v) is 5.17. The minimum atomic E-state index is 1.17. The molecule has 0 bridgehead atoms. The van der Waals surface area contributed by atoms with E-state index in [0.29, 0.717) is 0 Å². The van der Waals surface area contributed by atoms with E-state index in [4.69, 9.17) is 0 Å². The number of aryl methyl sites for hydroxylation is 2. The van der Waals surface area contributed by atoms with Crippen molar-refractivity contribution in [3.8, 4) is 22.3 Å². The van der Waals surface area contributed by atoms with Gasteiger partial charge in [-0.25, -0.2) is 0 Å². The molecule has 0 saturated heterocycles. The summed E-state index contributed by atoms with van der Waals surface area (Å²) in [6.45, 7) is 2.23. The lowest BCUT2D eigenvalue weighted by Crippen LogP contribution is -1.88. The highest BCUT2D eigenvalue weighted by Crippen LogP contribution is 2.39. The number of hydrogen-bond donors (Lipinski definition) is 0. The summed E-state index contributed by atoms with van der Waals surface area (Å²) in [5.74, 6) is 0. The molecule has 1 aliphatic rings. The van der Waals surface area contributed by atoms with Gasteiger partial charge in [0.1, 0.15) is 0 Å². The number of rotatable bonds is 2. The lowest BCUT2D eigenvalue weighted by atomic mass is 9.94. The van der Waals surface area contributed by atoms with Crippen LogP contribution in [0.5, 0.6) is 0 Å². The van der Waals surface area contributed by atoms with Crippen molar-refractivity contribution in [2.24, 2.45) is 0 Å². The first kappa shape index (κ1) is 15.6. The standard InChI is InChI=1S/C25H20S/c1-17-15-25-23(21-9-5-6-10-24(21)26-25)16-22(17)20-13-11-19(12-14-20)18-7-3-2-4-8-18/h2-5,7-9,11-16H,6,10H2,1H3. The molecule has 0 fully saturated rings. The Morgan fingerprint density at radius 2 is 1.54 bits per heavy atom. The van der Waals surface area contributed by atoms with Crippen LogP contribution in [0.4, 0.5) is 0 Å². The van der Waals surface area contributed by atoms with Crippen LogP contribution >= 0.6 is 11.3 Å². The van der Waals surface area contributed by atoms with Crippen LogP contribution in [0.2, 0.25) is 0 Å². The molecule has 0 aliphatic heterocycles. The molecule has 0 radical (unpaired) electrons. The number of thiophene rings is 1. The summed E-state index contributed by atoms with van der Waals surface area (Å²) in [4.78, 5) is 1.54. The van der Waals surface area contributed by atoms with Crippen LogP contribution in [0.1, 0.15) is 22.4 Å². The van der Waals surface area contributed by atoms with Gasteiger partial charge < -0.3 is 0 Å². The van der Waals surface area contributed by atoms with E-state index in [2.05, 4.69) is 85.8 Å². The Labute approximate surface area is 158 Å². The molecule has 0 saturated carbocycles. The number of benzene rings is 3. The quantitative estimate of drug-likeness (QED) is 0.350. The zero-order chi connectivity index (χ0) is 17.5. The minimum absolute atomic E-state index is 1.17. The van der Waals surface area contributed by atoms with Crippen molar-refractivity contribution in [3.05, 3.63) is 88.8 Å². The predicted octanol–water partition coefficient (Wildman–Crippen LogP) is 7.50. The van der Waals surface area contributed by atoms with E-state index in [1.807, 2.05) is 11.3 Å². The first-order valence-corrected chi connectivity index (χ1v) is 10.00. The third-order valence-corrected chi connectivity index (χ3v) is 6.50. The summed E-state index contributed by atoms with van der Waals surface area (Å²) in [5, 5.41) is 1.41. The van der Waals surface area contributed by atoms with Crippen LogP contribution in [0, 0.1) is 6.92 Å². The largest absolute Gasteiger partial charge is 0.140 e. The molecule has 1 heterocycles. The molecule has 3 aromatic carbocycles. The fourth-order valence-electron chi connectivity index (χ4n) is 3.88. The summed E-state index contributed by atoms with van der Waals surface area (Å²) in [5.41, 5.74) is 7.97. The summed E-state index contributed by atoms with van der Waals surface area (Å²) < 4.78 is 1.42. The molecule has 0 unspecified atom stereocenters. The maximum atomic E-state index is 2.40. The Hall–Kier alpha value is -2.64. The SMILES string of the molecule is Cc1cc2sc3c(c2cc1-c1ccc(-c2ccccc2)cc1)C=CCC3. The highest BCUT2D eigenvalue weighted by molar-refractivity contribution is 7.19. The average Bonchev–Trinajstić information content (AvgIpc) is 3.05. The van der Waals surface area contributed by atoms with Crippen molar-refractivity contribution < 1.29 is 0 Å². The van der Waals surface area contributed by atoms with Crippen molar-refractivity contribution in [1.29, 1.82) is 0 Å². The second kappa shape index (κ2) is 6.26. The van der Waals surface area contributed by atoms with Crippen LogP contribution < -0.4 is 0 Å². The number of hydrogen-bond acceptors (Lipinski definition) is 1. The Kier molecular flexibility index (Phi) is 3.76. The molecule has 0 nitrogen and oxygen atoms in total. The second-order valence-electron chi connectivity index (χ2n) is 6.99. The van der Waals surface area contributed by atoms with Crippen LogP contribution in [-0.2, 0) is 6.42 Å². The molecule has 26 heavy (non-hydrogen) atoms. The van der Waals surface area contributed by atoms with E-state index in [1.165, 1.54) is 56.3 Å². The van der Waals surface area contributed by atoms with Gasteiger partial charge in [-0.1, -0.05) is 66.7 Å². The Balaban J connectivity index is 1.60. The Bertz CT molecular complexity index is 1110. The van der Waals surface area contributed by atoms with Crippen molar-refractivity contribution in [2.45, 2.75) is 19.8 Å². The predicted molar refractivity (Wildman–Crippen MR) is 115 cm³/mol. The molecule has 0 amide bonds. The second-order valence-corrected chi connectivity index (χ2v) is 8.12. The maximum absolute atomic E-state index is 2.40. The lowest BCUT2D eigenvalue weighted by molar-refractivity contribution is 1.02. The van der Waals surface area contributed by atoms with Gasteiger partial charge in [0.05, 0.1) is 0 Å². The normalized spacial score (nSPS) is 13.1. The lowest BCUT2D eigenvalue weighted by Gasteiger charge is -2.09. The Morgan fingerprint density at radius 1 is 0.808 bits per heavy atom. The monoisotopic (exact) mass is 352 g/mol. The van der Waals surface area contributed by atoms with Crippen LogP contribution in [-0.4, -0.2) is 0 Å². The third-order valence-electron chi connectivity index (χ3n) is 5.28. The molecule has 0 spiro atoms. The van der Waals surface area contributed by atoms with Crippen molar-refractivity contribution in [2.75, 3.05) is 0 Å². The summed E-state index contributed by atoms with van der Waals surface area (Å²) >= 11 is 1.97. The fraction of sp³-hybridized carbons (Fsp3) is 0.120.